The van der Waals surface area contributed by atoms with Gasteiger partial charge in [-0.2, -0.15) is 5.10 Å². The maximum absolute atomic E-state index is 9.53. The van der Waals surface area contributed by atoms with E-state index in [4.69, 9.17) is 5.73 Å². The lowest BCUT2D eigenvalue weighted by Gasteiger charge is -2.06. The second-order valence-electron chi connectivity index (χ2n) is 4.26. The van der Waals surface area contributed by atoms with Crippen molar-refractivity contribution in [3.63, 3.8) is 0 Å². The predicted molar refractivity (Wildman–Crippen MR) is 71.9 cm³/mol. The van der Waals surface area contributed by atoms with Crippen molar-refractivity contribution in [2.24, 2.45) is 0 Å². The molecule has 4 nitrogen and oxygen atoms in total. The number of fused-ring (bicyclic) bond motifs is 1. The first-order valence-corrected chi connectivity index (χ1v) is 5.70. The van der Waals surface area contributed by atoms with Crippen molar-refractivity contribution in [3.05, 3.63) is 48.2 Å². The van der Waals surface area contributed by atoms with Crippen LogP contribution in [0.5, 0.6) is 5.75 Å². The smallest absolute Gasteiger partial charge is 0.116 e. The minimum absolute atomic E-state index is 0.242. The summed E-state index contributed by atoms with van der Waals surface area (Å²) in [4.78, 5) is 0. The van der Waals surface area contributed by atoms with Crippen LogP contribution in [-0.2, 0) is 0 Å². The summed E-state index contributed by atoms with van der Waals surface area (Å²) in [5.41, 5.74) is 9.30. The minimum atomic E-state index is 0.242. The van der Waals surface area contributed by atoms with Gasteiger partial charge in [0.15, 0.2) is 0 Å². The number of nitrogen functional groups attached to an aromatic ring is 1. The summed E-state index contributed by atoms with van der Waals surface area (Å²) in [6.45, 7) is 1.91. The average molecular weight is 239 g/mol. The molecular formula is C14H13N3O. The third kappa shape index (κ3) is 1.50. The summed E-state index contributed by atoms with van der Waals surface area (Å²) >= 11 is 0. The Morgan fingerprint density at radius 2 is 1.94 bits per heavy atom. The number of benzene rings is 2. The van der Waals surface area contributed by atoms with E-state index < -0.39 is 0 Å². The first-order chi connectivity index (χ1) is 8.66. The minimum Gasteiger partial charge on any atom is -0.508 e. The summed E-state index contributed by atoms with van der Waals surface area (Å²) in [7, 11) is 0. The number of hydrogen-bond acceptors (Lipinski definition) is 3. The molecule has 0 unspecified atom stereocenters. The fraction of sp³-hybridized carbons (Fsp3) is 0.0714. The third-order valence-electron chi connectivity index (χ3n) is 3.01. The van der Waals surface area contributed by atoms with Crippen LogP contribution in [0.25, 0.3) is 16.6 Å². The molecule has 0 aliphatic carbocycles. The Labute approximate surface area is 104 Å². The molecule has 1 heterocycles. The number of aromatic nitrogens is 2. The normalized spacial score (nSPS) is 10.9. The zero-order chi connectivity index (χ0) is 12.7. The molecule has 18 heavy (non-hydrogen) atoms. The van der Waals surface area contributed by atoms with Crippen molar-refractivity contribution in [2.75, 3.05) is 5.73 Å². The van der Waals surface area contributed by atoms with Crippen molar-refractivity contribution in [1.82, 2.24) is 9.78 Å². The highest BCUT2D eigenvalue weighted by atomic mass is 16.3. The average Bonchev–Trinajstić information content (AvgIpc) is 2.67. The highest BCUT2D eigenvalue weighted by Gasteiger charge is 2.10. The zero-order valence-electron chi connectivity index (χ0n) is 9.96. The molecule has 0 radical (unpaired) electrons. The predicted octanol–water partition coefficient (Wildman–Crippen LogP) is 2.62. The number of para-hydroxylation sites is 2. The van der Waals surface area contributed by atoms with Gasteiger partial charge in [0.1, 0.15) is 5.75 Å². The van der Waals surface area contributed by atoms with E-state index in [-0.39, 0.29) is 5.75 Å². The first kappa shape index (κ1) is 10.7. The quantitative estimate of drug-likeness (QED) is 0.641. The van der Waals surface area contributed by atoms with Crippen LogP contribution in [0.3, 0.4) is 0 Å². The number of nitrogens with two attached hydrogens (primary N) is 1. The Balaban J connectivity index is 2.34. The maximum Gasteiger partial charge on any atom is 0.116 e. The molecule has 2 aromatic carbocycles. The van der Waals surface area contributed by atoms with Gasteiger partial charge in [0.05, 0.1) is 22.6 Å². The van der Waals surface area contributed by atoms with Crippen LogP contribution in [0.1, 0.15) is 5.69 Å². The van der Waals surface area contributed by atoms with E-state index in [0.717, 1.165) is 22.3 Å². The lowest BCUT2D eigenvalue weighted by Crippen LogP contribution is -2.00. The summed E-state index contributed by atoms with van der Waals surface area (Å²) in [6, 6.07) is 12.8. The zero-order valence-corrected chi connectivity index (χ0v) is 9.96. The molecule has 0 amide bonds. The summed E-state index contributed by atoms with van der Waals surface area (Å²) < 4.78 is 1.80. The Bertz CT molecular complexity index is 731. The molecule has 0 spiro atoms. The molecule has 90 valence electrons. The Hall–Kier alpha value is -2.49. The van der Waals surface area contributed by atoms with Gasteiger partial charge >= 0.3 is 0 Å². The molecule has 0 atom stereocenters. The van der Waals surface area contributed by atoms with Gasteiger partial charge in [-0.25, -0.2) is 4.68 Å². The summed E-state index contributed by atoms with van der Waals surface area (Å²) in [5.74, 6) is 0.242. The molecule has 0 bridgehead atoms. The standard InChI is InChI=1S/C14H13N3O/c1-9-11-8-10(18)6-7-13(11)17(16-9)14-5-3-2-4-12(14)15/h2-8,18H,15H2,1H3. The van der Waals surface area contributed by atoms with Crippen LogP contribution in [-0.4, -0.2) is 14.9 Å². The summed E-state index contributed by atoms with van der Waals surface area (Å²) in [5, 5.41) is 14.9. The van der Waals surface area contributed by atoms with Gasteiger partial charge in [-0.3, -0.25) is 0 Å². The van der Waals surface area contributed by atoms with E-state index in [0.29, 0.717) is 5.69 Å². The largest absolute Gasteiger partial charge is 0.508 e. The van der Waals surface area contributed by atoms with E-state index in [2.05, 4.69) is 5.10 Å². The van der Waals surface area contributed by atoms with Gasteiger partial charge in [0, 0.05) is 5.39 Å². The Morgan fingerprint density at radius 3 is 2.72 bits per heavy atom. The molecule has 0 aliphatic rings. The first-order valence-electron chi connectivity index (χ1n) is 5.70. The number of phenolic OH excluding ortho intramolecular Hbond substituents is 1. The molecule has 3 N–H and O–H groups in total. The molecule has 3 rings (SSSR count). The maximum atomic E-state index is 9.53. The lowest BCUT2D eigenvalue weighted by molar-refractivity contribution is 0.476. The van der Waals surface area contributed by atoms with E-state index in [1.165, 1.54) is 0 Å². The number of phenols is 1. The molecule has 0 fully saturated rings. The van der Waals surface area contributed by atoms with E-state index >= 15 is 0 Å². The van der Waals surface area contributed by atoms with Crippen LogP contribution in [0.15, 0.2) is 42.5 Å². The SMILES string of the molecule is Cc1nn(-c2ccccc2N)c2ccc(O)cc12. The second kappa shape index (κ2) is 3.77. The molecular weight excluding hydrogens is 226 g/mol. The molecule has 4 heteroatoms. The van der Waals surface area contributed by atoms with Gasteiger partial charge in [-0.1, -0.05) is 12.1 Å². The van der Waals surface area contributed by atoms with Gasteiger partial charge < -0.3 is 10.8 Å². The Morgan fingerprint density at radius 1 is 1.17 bits per heavy atom. The summed E-state index contributed by atoms with van der Waals surface area (Å²) in [6.07, 6.45) is 0. The number of anilines is 1. The highest BCUT2D eigenvalue weighted by Crippen LogP contribution is 2.27. The van der Waals surface area contributed by atoms with Crippen LogP contribution in [0.2, 0.25) is 0 Å². The number of aryl methyl sites for hydroxylation is 1. The number of hydrogen-bond donors (Lipinski definition) is 2. The lowest BCUT2D eigenvalue weighted by atomic mass is 10.2. The van der Waals surface area contributed by atoms with Gasteiger partial charge in [-0.05, 0) is 37.3 Å². The van der Waals surface area contributed by atoms with Gasteiger partial charge in [0.25, 0.3) is 0 Å². The van der Waals surface area contributed by atoms with Crippen LogP contribution in [0.4, 0.5) is 5.69 Å². The van der Waals surface area contributed by atoms with E-state index in [1.807, 2.05) is 37.3 Å². The van der Waals surface area contributed by atoms with E-state index in [1.54, 1.807) is 16.8 Å². The molecule has 0 aliphatic heterocycles. The van der Waals surface area contributed by atoms with Crippen molar-refractivity contribution in [1.29, 1.82) is 0 Å². The second-order valence-corrected chi connectivity index (χ2v) is 4.26. The number of rotatable bonds is 1. The highest BCUT2D eigenvalue weighted by molar-refractivity contribution is 5.85. The van der Waals surface area contributed by atoms with Crippen molar-refractivity contribution < 1.29 is 5.11 Å². The number of aromatic hydroxyl groups is 1. The number of nitrogens with zero attached hydrogens (tertiary/aromatic N) is 2. The van der Waals surface area contributed by atoms with Crippen LogP contribution < -0.4 is 5.73 Å². The van der Waals surface area contributed by atoms with Gasteiger partial charge in [0.2, 0.25) is 0 Å². The monoisotopic (exact) mass is 239 g/mol. The fourth-order valence-electron chi connectivity index (χ4n) is 2.12. The van der Waals surface area contributed by atoms with E-state index in [9.17, 15) is 5.11 Å². The topological polar surface area (TPSA) is 64.1 Å². The van der Waals surface area contributed by atoms with Crippen molar-refractivity contribution in [3.8, 4) is 11.4 Å². The molecule has 0 saturated carbocycles. The van der Waals surface area contributed by atoms with Crippen molar-refractivity contribution >= 4 is 16.6 Å². The third-order valence-corrected chi connectivity index (χ3v) is 3.01. The molecule has 0 saturated heterocycles. The molecule has 3 aromatic rings. The molecule has 1 aromatic heterocycles. The van der Waals surface area contributed by atoms with Crippen LogP contribution >= 0.6 is 0 Å². The van der Waals surface area contributed by atoms with Gasteiger partial charge in [-0.15, -0.1) is 0 Å². The Kier molecular flexibility index (Phi) is 2.23. The fourth-order valence-corrected chi connectivity index (χ4v) is 2.12. The van der Waals surface area contributed by atoms with Crippen LogP contribution in [0, 0.1) is 6.92 Å². The van der Waals surface area contributed by atoms with Crippen molar-refractivity contribution in [2.45, 2.75) is 6.92 Å².